The Labute approximate surface area is 370 Å². The van der Waals surface area contributed by atoms with Gasteiger partial charge in [0.25, 0.3) is 0 Å². The van der Waals surface area contributed by atoms with Crippen molar-refractivity contribution >= 4 is 60.3 Å². The molecule has 59 heavy (non-hydrogen) atoms. The molecule has 0 atom stereocenters. The van der Waals surface area contributed by atoms with E-state index in [1.54, 1.807) is 11.3 Å². The van der Waals surface area contributed by atoms with Gasteiger partial charge in [-0.3, -0.25) is 4.98 Å². The minimum absolute atomic E-state index is 0. The van der Waals surface area contributed by atoms with Gasteiger partial charge < -0.3 is 4.57 Å². The van der Waals surface area contributed by atoms with E-state index in [-0.39, 0.29) is 25.5 Å². The first-order valence-corrected chi connectivity index (χ1v) is 28.1. The number of nitrogens with zero attached hydrogens (tertiary/aromatic N) is 4. The quantitative estimate of drug-likeness (QED) is 0.123. The predicted molar refractivity (Wildman–Crippen MR) is 250 cm³/mol. The van der Waals surface area contributed by atoms with Crippen LogP contribution in [0.4, 0.5) is 0 Å². The third-order valence-electron chi connectivity index (χ3n) is 10.6. The molecule has 0 bridgehead atoms. The molecular weight excluding hydrogens is 977 g/mol. The topological polar surface area (TPSA) is 43.6 Å². The maximum atomic E-state index is 8.44. The van der Waals surface area contributed by atoms with Gasteiger partial charge in [-0.2, -0.15) is 11.3 Å². The number of rotatable bonds is 6. The van der Waals surface area contributed by atoms with Crippen LogP contribution in [0.15, 0.2) is 134 Å². The van der Waals surface area contributed by atoms with E-state index >= 15 is 0 Å². The molecule has 5 aromatic carbocycles. The fourth-order valence-electron chi connectivity index (χ4n) is 7.53. The van der Waals surface area contributed by atoms with Crippen molar-refractivity contribution in [1.29, 1.82) is 0 Å². The maximum absolute atomic E-state index is 8.44. The summed E-state index contributed by atoms with van der Waals surface area (Å²) in [5, 5.41) is 2.37. The number of para-hydroxylation sites is 2. The molecule has 0 fully saturated rings. The van der Waals surface area contributed by atoms with Crippen LogP contribution in [-0.2, 0) is 25.5 Å². The molecule has 9 rings (SSSR count). The van der Waals surface area contributed by atoms with E-state index in [0.717, 1.165) is 60.2 Å². The maximum Gasteiger partial charge on any atom is 0 e. The van der Waals surface area contributed by atoms with E-state index in [4.69, 9.17) is 11.3 Å². The molecule has 0 amide bonds. The minimum Gasteiger partial charge on any atom is 0 e. The van der Waals surface area contributed by atoms with Gasteiger partial charge in [0.2, 0.25) is 0 Å². The Hall–Kier alpha value is -4.72. The second kappa shape index (κ2) is 17.1. The molecule has 0 N–H and O–H groups in total. The smallest absolute Gasteiger partial charge is 0 e. The molecular formula is C52H50GeIrN4S-2. The van der Waals surface area contributed by atoms with Crippen LogP contribution in [0.3, 0.4) is 0 Å². The zero-order valence-corrected chi connectivity index (χ0v) is 40.5. The number of benzene rings is 5. The molecule has 0 spiro atoms. The van der Waals surface area contributed by atoms with Crippen LogP contribution in [0.25, 0.3) is 70.8 Å². The Balaban J connectivity index is 0.000000220. The van der Waals surface area contributed by atoms with E-state index in [2.05, 4.69) is 157 Å². The molecule has 299 valence electrons. The van der Waals surface area contributed by atoms with E-state index < -0.39 is 19.2 Å². The normalized spacial score (nSPS) is 12.3. The van der Waals surface area contributed by atoms with E-state index in [9.17, 15) is 0 Å². The molecule has 4 aromatic heterocycles. The van der Waals surface area contributed by atoms with Crippen LogP contribution in [0.1, 0.15) is 58.7 Å². The van der Waals surface area contributed by atoms with Crippen molar-refractivity contribution in [3.8, 4) is 39.5 Å². The van der Waals surface area contributed by atoms with Gasteiger partial charge in [0.15, 0.2) is 0 Å². The standard InChI is InChI=1S/C35H28N3S.C17H22GeN.Ir/c1-22-17-19-26-25-13-10-14-27(32(25)39-34(26)36-22)33-37-29-15-8-9-16-31(29)38(33)30-20-18-24(35(2,3)4)21-28(30)23-11-6-5-7-12-23;1-13(2)15-11-17(14-9-7-6-8-10-14)19-12-16(15)18(3,4)5;/h5-13,15-21H,1-4H3;6-9,11-13H,1-5H3;/q2*-1;/i;13D;. The van der Waals surface area contributed by atoms with Crippen LogP contribution in [0, 0.1) is 19.1 Å². The molecule has 7 heteroatoms. The van der Waals surface area contributed by atoms with Gasteiger partial charge in [0.1, 0.15) is 4.83 Å². The van der Waals surface area contributed by atoms with E-state index in [0.29, 0.717) is 0 Å². The number of hydrogen-bond acceptors (Lipinski definition) is 4. The number of thiophene rings is 1. The Morgan fingerprint density at radius 1 is 0.780 bits per heavy atom. The van der Waals surface area contributed by atoms with Crippen molar-refractivity contribution in [2.24, 2.45) is 0 Å². The SMILES string of the molecule is Cc1ccc2c(n1)sc1c(-c3nc4ccccc4n3-c3ccc(C(C)(C)C)cc3-c3ccccc3)[c-]ccc12.[2H]C(C)(C)c1cc(-c2[c-]cccc2)nc[c]1[Ge]([CH3])([CH3])[CH3].[Ir]. The molecule has 0 saturated carbocycles. The summed E-state index contributed by atoms with van der Waals surface area (Å²) in [5.41, 5.74) is 11.9. The van der Waals surface area contributed by atoms with Crippen LogP contribution >= 0.6 is 11.3 Å². The molecule has 0 aliphatic rings. The number of aromatic nitrogens is 4. The zero-order chi connectivity index (χ0) is 41.7. The fraction of sp³-hybridized carbons (Fsp3) is 0.212. The summed E-state index contributed by atoms with van der Waals surface area (Å²) in [6, 6.07) is 51.1. The summed E-state index contributed by atoms with van der Waals surface area (Å²) in [5.74, 6) is 7.34. The van der Waals surface area contributed by atoms with Gasteiger partial charge in [-0.15, -0.1) is 18.2 Å². The Morgan fingerprint density at radius 2 is 1.53 bits per heavy atom. The van der Waals surface area contributed by atoms with E-state index in [1.807, 2.05) is 57.3 Å². The minimum atomic E-state index is -2.03. The molecule has 0 aliphatic heterocycles. The first-order valence-electron chi connectivity index (χ1n) is 20.4. The molecule has 0 saturated heterocycles. The summed E-state index contributed by atoms with van der Waals surface area (Å²) < 4.78 is 13.2. The number of aryl methyl sites for hydroxylation is 1. The fourth-order valence-corrected chi connectivity index (χ4v) is 12.1. The first-order chi connectivity index (χ1) is 28.1. The van der Waals surface area contributed by atoms with Crippen LogP contribution in [0.2, 0.25) is 17.3 Å². The predicted octanol–water partition coefficient (Wildman–Crippen LogP) is 13.7. The van der Waals surface area contributed by atoms with Gasteiger partial charge in [0, 0.05) is 37.1 Å². The number of fused-ring (bicyclic) bond motifs is 4. The molecule has 0 aliphatic carbocycles. The monoisotopic (exact) mass is 1030 g/mol. The van der Waals surface area contributed by atoms with E-state index in [1.165, 1.54) is 31.9 Å². The summed E-state index contributed by atoms with van der Waals surface area (Å²) in [6.45, 7) is 12.8. The van der Waals surface area contributed by atoms with Crippen LogP contribution in [0.5, 0.6) is 0 Å². The Bertz CT molecular complexity index is 2960. The van der Waals surface area contributed by atoms with Crippen molar-refractivity contribution in [3.05, 3.63) is 163 Å². The molecule has 1 radical (unpaired) electrons. The van der Waals surface area contributed by atoms with Crippen molar-refractivity contribution < 1.29 is 21.5 Å². The Kier molecular flexibility index (Phi) is 11.9. The molecule has 0 unspecified atom stereocenters. The van der Waals surface area contributed by atoms with Crippen LogP contribution in [-0.4, -0.2) is 32.8 Å². The third kappa shape index (κ3) is 8.65. The van der Waals surface area contributed by atoms with Crippen molar-refractivity contribution in [1.82, 2.24) is 19.5 Å². The van der Waals surface area contributed by atoms with Gasteiger partial charge in [-0.05, 0) is 63.9 Å². The summed E-state index contributed by atoms with van der Waals surface area (Å²) in [4.78, 5) is 15.7. The summed E-state index contributed by atoms with van der Waals surface area (Å²) in [6.07, 6.45) is 2.00. The van der Waals surface area contributed by atoms with Crippen molar-refractivity contribution in [3.63, 3.8) is 0 Å². The largest absolute Gasteiger partial charge is 0 e. The van der Waals surface area contributed by atoms with Gasteiger partial charge >= 0.3 is 120 Å². The van der Waals surface area contributed by atoms with Gasteiger partial charge in [-0.1, -0.05) is 86.3 Å². The average Bonchev–Trinajstić information content (AvgIpc) is 3.78. The summed E-state index contributed by atoms with van der Waals surface area (Å²) >= 11 is -0.304. The Morgan fingerprint density at radius 3 is 2.24 bits per heavy atom. The molecule has 4 nitrogen and oxygen atoms in total. The van der Waals surface area contributed by atoms with Gasteiger partial charge in [0.05, 0.1) is 16.9 Å². The first kappa shape index (κ1) is 41.0. The van der Waals surface area contributed by atoms with Crippen molar-refractivity contribution in [2.45, 2.75) is 70.1 Å². The number of hydrogen-bond donors (Lipinski definition) is 0. The number of pyridine rings is 2. The van der Waals surface area contributed by atoms with Crippen LogP contribution < -0.4 is 4.40 Å². The van der Waals surface area contributed by atoms with Crippen molar-refractivity contribution in [2.75, 3.05) is 0 Å². The molecule has 9 aromatic rings. The zero-order valence-electron chi connectivity index (χ0n) is 36.2. The summed E-state index contributed by atoms with van der Waals surface area (Å²) in [7, 11) is 0. The van der Waals surface area contributed by atoms with Gasteiger partial charge in [-0.25, -0.2) is 4.98 Å². The third-order valence-corrected chi connectivity index (χ3v) is 16.0. The second-order valence-electron chi connectivity index (χ2n) is 17.3. The molecule has 4 heterocycles. The number of imidazole rings is 1. The average molecular weight is 1030 g/mol. The second-order valence-corrected chi connectivity index (χ2v) is 28.8.